The summed E-state index contributed by atoms with van der Waals surface area (Å²) in [4.78, 5) is 17.3. The maximum absolute atomic E-state index is 12.3. The number of aryl methyl sites for hydroxylation is 2. The monoisotopic (exact) mass is 327 g/mol. The van der Waals surface area contributed by atoms with Crippen molar-refractivity contribution in [3.8, 4) is 5.75 Å². The van der Waals surface area contributed by atoms with Crippen molar-refractivity contribution < 1.29 is 9.26 Å². The number of ether oxygens (including phenoxy) is 1. The Labute approximate surface area is 140 Å². The summed E-state index contributed by atoms with van der Waals surface area (Å²) in [6, 6.07) is 7.53. The van der Waals surface area contributed by atoms with E-state index in [1.165, 1.54) is 0 Å². The van der Waals surface area contributed by atoms with Crippen LogP contribution in [0.2, 0.25) is 0 Å². The Kier molecular flexibility index (Phi) is 4.40. The van der Waals surface area contributed by atoms with Gasteiger partial charge in [-0.25, -0.2) is 0 Å². The SMILES string of the molecule is COc1ccc2[nH]c(=O)c(CN(C)Cc3c(C)noc3C)cc2c1. The standard InChI is InChI=1S/C18H21N3O3/c1-11-16(12(2)24-20-11)10-21(3)9-14-7-13-8-15(23-4)5-6-17(13)19-18(14)22/h5-8H,9-10H2,1-4H3,(H,19,22). The van der Waals surface area contributed by atoms with E-state index >= 15 is 0 Å². The second-order valence-electron chi connectivity index (χ2n) is 6.05. The predicted octanol–water partition coefficient (Wildman–Crippen LogP) is 2.77. The lowest BCUT2D eigenvalue weighted by Crippen LogP contribution is -2.23. The quantitative estimate of drug-likeness (QED) is 0.780. The first kappa shape index (κ1) is 16.3. The zero-order valence-corrected chi connectivity index (χ0v) is 14.3. The molecule has 0 bridgehead atoms. The lowest BCUT2D eigenvalue weighted by Gasteiger charge is -2.16. The first-order chi connectivity index (χ1) is 11.5. The molecule has 2 aromatic heterocycles. The van der Waals surface area contributed by atoms with Crippen molar-refractivity contribution >= 4 is 10.9 Å². The van der Waals surface area contributed by atoms with Crippen LogP contribution in [-0.4, -0.2) is 29.2 Å². The van der Waals surface area contributed by atoms with Gasteiger partial charge in [-0.2, -0.15) is 0 Å². The van der Waals surface area contributed by atoms with Gasteiger partial charge in [0.05, 0.1) is 12.8 Å². The molecule has 0 saturated carbocycles. The van der Waals surface area contributed by atoms with Crippen LogP contribution in [0.15, 0.2) is 33.6 Å². The fourth-order valence-electron chi connectivity index (χ4n) is 2.82. The van der Waals surface area contributed by atoms with Crippen molar-refractivity contribution in [1.82, 2.24) is 15.0 Å². The molecule has 0 amide bonds. The molecule has 126 valence electrons. The first-order valence-electron chi connectivity index (χ1n) is 7.78. The number of nitrogens with one attached hydrogen (secondary N) is 1. The van der Waals surface area contributed by atoms with Crippen molar-refractivity contribution in [2.24, 2.45) is 0 Å². The number of H-pyrrole nitrogens is 1. The van der Waals surface area contributed by atoms with Crippen LogP contribution in [0.25, 0.3) is 10.9 Å². The molecule has 6 heteroatoms. The summed E-state index contributed by atoms with van der Waals surface area (Å²) < 4.78 is 10.4. The molecule has 1 N–H and O–H groups in total. The highest BCUT2D eigenvalue weighted by atomic mass is 16.5. The third-order valence-corrected chi connectivity index (χ3v) is 4.18. The van der Waals surface area contributed by atoms with Crippen LogP contribution in [-0.2, 0) is 13.1 Å². The predicted molar refractivity (Wildman–Crippen MR) is 92.3 cm³/mol. The molecule has 0 aliphatic heterocycles. The van der Waals surface area contributed by atoms with Crippen molar-refractivity contribution in [3.63, 3.8) is 0 Å². The number of nitrogens with zero attached hydrogens (tertiary/aromatic N) is 2. The van der Waals surface area contributed by atoms with Crippen LogP contribution in [0.4, 0.5) is 0 Å². The van der Waals surface area contributed by atoms with E-state index in [9.17, 15) is 4.79 Å². The van der Waals surface area contributed by atoms with Crippen LogP contribution in [0, 0.1) is 13.8 Å². The number of benzene rings is 1. The van der Waals surface area contributed by atoms with Crippen LogP contribution in [0.1, 0.15) is 22.6 Å². The Hall–Kier alpha value is -2.60. The Bertz CT molecular complexity index is 907. The first-order valence-corrected chi connectivity index (χ1v) is 7.78. The smallest absolute Gasteiger partial charge is 0.252 e. The van der Waals surface area contributed by atoms with Gasteiger partial charge in [-0.1, -0.05) is 5.16 Å². The molecule has 0 unspecified atom stereocenters. The van der Waals surface area contributed by atoms with Gasteiger partial charge in [-0.05, 0) is 45.2 Å². The van der Waals surface area contributed by atoms with Crippen molar-refractivity contribution in [3.05, 3.63) is 57.2 Å². The van der Waals surface area contributed by atoms with E-state index in [0.717, 1.165) is 33.7 Å². The molecule has 0 aliphatic carbocycles. The highest BCUT2D eigenvalue weighted by Gasteiger charge is 2.13. The largest absolute Gasteiger partial charge is 0.497 e. The van der Waals surface area contributed by atoms with Crippen LogP contribution in [0.3, 0.4) is 0 Å². The van der Waals surface area contributed by atoms with Gasteiger partial charge in [0.25, 0.3) is 5.56 Å². The van der Waals surface area contributed by atoms with Crippen molar-refractivity contribution in [1.29, 1.82) is 0 Å². The second kappa shape index (κ2) is 6.49. The van der Waals surface area contributed by atoms with E-state index in [1.807, 2.05) is 45.2 Å². The van der Waals surface area contributed by atoms with Gasteiger partial charge in [0.1, 0.15) is 11.5 Å². The van der Waals surface area contributed by atoms with Gasteiger partial charge >= 0.3 is 0 Å². The summed E-state index contributed by atoms with van der Waals surface area (Å²) in [5.74, 6) is 1.58. The molecule has 3 aromatic rings. The number of fused-ring (bicyclic) bond motifs is 1. The van der Waals surface area contributed by atoms with Crippen LogP contribution in [0.5, 0.6) is 5.75 Å². The van der Waals surface area contributed by atoms with Gasteiger partial charge in [-0.3, -0.25) is 9.69 Å². The highest BCUT2D eigenvalue weighted by molar-refractivity contribution is 5.80. The Morgan fingerprint density at radius 3 is 2.71 bits per heavy atom. The molecule has 1 aromatic carbocycles. The normalized spacial score (nSPS) is 11.4. The summed E-state index contributed by atoms with van der Waals surface area (Å²) in [6.07, 6.45) is 0. The number of pyridine rings is 1. The van der Waals surface area contributed by atoms with E-state index in [2.05, 4.69) is 15.0 Å². The zero-order valence-electron chi connectivity index (χ0n) is 14.3. The summed E-state index contributed by atoms with van der Waals surface area (Å²) in [6.45, 7) is 5.04. The number of hydrogen-bond donors (Lipinski definition) is 1. The number of methoxy groups -OCH3 is 1. The molecule has 3 rings (SSSR count). The van der Waals surface area contributed by atoms with Gasteiger partial charge in [0.2, 0.25) is 0 Å². The van der Waals surface area contributed by atoms with E-state index in [1.54, 1.807) is 7.11 Å². The lowest BCUT2D eigenvalue weighted by molar-refractivity contribution is 0.314. The number of hydrogen-bond acceptors (Lipinski definition) is 5. The summed E-state index contributed by atoms with van der Waals surface area (Å²) in [5, 5.41) is 4.92. The maximum atomic E-state index is 12.3. The Morgan fingerprint density at radius 1 is 1.25 bits per heavy atom. The van der Waals surface area contributed by atoms with E-state index in [-0.39, 0.29) is 5.56 Å². The molecular weight excluding hydrogens is 306 g/mol. The average molecular weight is 327 g/mol. The average Bonchev–Trinajstić information content (AvgIpc) is 2.87. The summed E-state index contributed by atoms with van der Waals surface area (Å²) >= 11 is 0. The zero-order chi connectivity index (χ0) is 17.3. The number of aromatic amines is 1. The number of aromatic nitrogens is 2. The van der Waals surface area contributed by atoms with Gasteiger partial charge < -0.3 is 14.2 Å². The molecule has 6 nitrogen and oxygen atoms in total. The third kappa shape index (κ3) is 3.19. The van der Waals surface area contributed by atoms with E-state index in [0.29, 0.717) is 18.7 Å². The molecule has 2 heterocycles. The van der Waals surface area contributed by atoms with Crippen LogP contribution >= 0.6 is 0 Å². The second-order valence-corrected chi connectivity index (χ2v) is 6.05. The van der Waals surface area contributed by atoms with Crippen molar-refractivity contribution in [2.75, 3.05) is 14.2 Å². The molecule has 0 fully saturated rings. The molecule has 0 atom stereocenters. The topological polar surface area (TPSA) is 71.4 Å². The minimum Gasteiger partial charge on any atom is -0.497 e. The number of rotatable bonds is 5. The fourth-order valence-corrected chi connectivity index (χ4v) is 2.82. The molecule has 0 saturated heterocycles. The highest BCUT2D eigenvalue weighted by Crippen LogP contribution is 2.20. The lowest BCUT2D eigenvalue weighted by atomic mass is 10.1. The molecular formula is C18H21N3O3. The van der Waals surface area contributed by atoms with Crippen LogP contribution < -0.4 is 10.3 Å². The summed E-state index contributed by atoms with van der Waals surface area (Å²) in [5.41, 5.74) is 3.40. The molecule has 0 aliphatic rings. The molecule has 0 radical (unpaired) electrons. The molecule has 0 spiro atoms. The summed E-state index contributed by atoms with van der Waals surface area (Å²) in [7, 11) is 3.60. The fraction of sp³-hybridized carbons (Fsp3) is 0.333. The molecule has 24 heavy (non-hydrogen) atoms. The third-order valence-electron chi connectivity index (χ3n) is 4.18. The van der Waals surface area contributed by atoms with E-state index < -0.39 is 0 Å². The van der Waals surface area contributed by atoms with Gasteiger partial charge in [0, 0.05) is 35.1 Å². The Morgan fingerprint density at radius 2 is 2.04 bits per heavy atom. The Balaban J connectivity index is 1.86. The van der Waals surface area contributed by atoms with Gasteiger partial charge in [0.15, 0.2) is 0 Å². The van der Waals surface area contributed by atoms with E-state index in [4.69, 9.17) is 9.26 Å². The minimum absolute atomic E-state index is 0.0710. The maximum Gasteiger partial charge on any atom is 0.252 e. The van der Waals surface area contributed by atoms with Gasteiger partial charge in [-0.15, -0.1) is 0 Å². The van der Waals surface area contributed by atoms with Crippen molar-refractivity contribution in [2.45, 2.75) is 26.9 Å². The minimum atomic E-state index is -0.0710.